The van der Waals surface area contributed by atoms with E-state index < -0.39 is 87.9 Å². The molecule has 1 rings (SSSR count). The molecule has 0 aliphatic heterocycles. The lowest BCUT2D eigenvalue weighted by Gasteiger charge is -2.10. The van der Waals surface area contributed by atoms with Crippen molar-refractivity contribution in [3.05, 3.63) is 30.3 Å². The second kappa shape index (κ2) is 75.2. The first-order valence-electron chi connectivity index (χ1n) is 12.3. The van der Waals surface area contributed by atoms with Crippen LogP contribution in [0.3, 0.4) is 0 Å². The zero-order valence-corrected chi connectivity index (χ0v) is 28.9. The molecule has 0 fully saturated rings. The van der Waals surface area contributed by atoms with E-state index in [2.05, 4.69) is 17.0 Å². The van der Waals surface area contributed by atoms with E-state index in [0.717, 1.165) is 0 Å². The molecule has 0 spiro atoms. The molecule has 49 heteroatoms. The fraction of sp³-hybridized carbons (Fsp3) is 0.250. The van der Waals surface area contributed by atoms with E-state index in [4.69, 9.17) is 181 Å². The normalized spacial score (nSPS) is 7.12. The highest BCUT2D eigenvalue weighted by atomic mass is 16.6. The first kappa shape index (κ1) is 87.0. The van der Waals surface area contributed by atoms with Crippen molar-refractivity contribution in [2.75, 3.05) is 19.0 Å². The standard InChI is InChI=1S/C8H11N.12BH3O3/c1-9(2)8-6-4-3-5-7-8;12*2-1(3)4/h3-7H,1-2H3;12*2-4H. The van der Waals surface area contributed by atoms with E-state index in [9.17, 15) is 0 Å². The molecule has 1 aromatic rings. The van der Waals surface area contributed by atoms with Crippen molar-refractivity contribution in [2.45, 2.75) is 0 Å². The van der Waals surface area contributed by atoms with Crippen LogP contribution in [-0.4, -0.2) is 283 Å². The maximum Gasteiger partial charge on any atom is 0.631 e. The zero-order chi connectivity index (χ0) is 49.6. The number of hydrogen-bond donors (Lipinski definition) is 36. The summed E-state index contributed by atoms with van der Waals surface area (Å²) in [6.45, 7) is 0. The lowest BCUT2D eigenvalue weighted by atomic mass is 10.3. The molecule has 0 saturated heterocycles. The third-order valence-electron chi connectivity index (χ3n) is 1.27. The average molecular weight is 863 g/mol. The molecule has 0 unspecified atom stereocenters. The zero-order valence-electron chi connectivity index (χ0n) is 28.9. The van der Waals surface area contributed by atoms with Crippen molar-refractivity contribution >= 4 is 93.5 Å². The Labute approximate surface area is 324 Å². The molecule has 0 heterocycles. The van der Waals surface area contributed by atoms with Gasteiger partial charge in [0.1, 0.15) is 0 Å². The van der Waals surface area contributed by atoms with Crippen LogP contribution in [-0.2, 0) is 0 Å². The van der Waals surface area contributed by atoms with Gasteiger partial charge < -0.3 is 186 Å². The number of hydrogen-bond acceptors (Lipinski definition) is 37. The van der Waals surface area contributed by atoms with Crippen LogP contribution in [0.1, 0.15) is 0 Å². The van der Waals surface area contributed by atoms with E-state index in [1.165, 1.54) is 5.69 Å². The molecule has 37 nitrogen and oxygen atoms in total. The van der Waals surface area contributed by atoms with E-state index in [0.29, 0.717) is 0 Å². The van der Waals surface area contributed by atoms with Gasteiger partial charge in [-0.25, -0.2) is 0 Å². The maximum atomic E-state index is 7.17. The SMILES string of the molecule is CN(C)c1ccccc1.OB(O)O.OB(O)O.OB(O)O.OB(O)O.OB(O)O.OB(O)O.OB(O)O.OB(O)O.OB(O)O.OB(O)O.OB(O)O.OB(O)O. The third kappa shape index (κ3) is 1390. The van der Waals surface area contributed by atoms with E-state index >= 15 is 0 Å². The summed E-state index contributed by atoms with van der Waals surface area (Å²) >= 11 is 0. The minimum atomic E-state index is -2.17. The smallest absolute Gasteiger partial charge is 0.402 e. The van der Waals surface area contributed by atoms with Gasteiger partial charge in [-0.1, -0.05) is 18.2 Å². The van der Waals surface area contributed by atoms with Gasteiger partial charge in [0.15, 0.2) is 0 Å². The van der Waals surface area contributed by atoms with Gasteiger partial charge in [-0.05, 0) is 12.1 Å². The lowest BCUT2D eigenvalue weighted by Crippen LogP contribution is -2.07. The van der Waals surface area contributed by atoms with E-state index in [-0.39, 0.29) is 0 Å². The summed E-state index contributed by atoms with van der Waals surface area (Å²) in [5, 5.41) is 258. The van der Waals surface area contributed by atoms with Gasteiger partial charge in [0.2, 0.25) is 0 Å². The fourth-order valence-corrected chi connectivity index (χ4v) is 0.726. The maximum absolute atomic E-state index is 7.17. The summed E-state index contributed by atoms with van der Waals surface area (Å²) in [6, 6.07) is 10.3. The summed E-state index contributed by atoms with van der Waals surface area (Å²) in [5.41, 5.74) is 1.25. The molecule has 336 valence electrons. The molecule has 0 aliphatic rings. The van der Waals surface area contributed by atoms with Crippen molar-refractivity contribution in [3.8, 4) is 0 Å². The van der Waals surface area contributed by atoms with Gasteiger partial charge in [0.25, 0.3) is 0 Å². The van der Waals surface area contributed by atoms with Crippen LogP contribution in [0.15, 0.2) is 30.3 Å². The molecule has 0 aromatic heterocycles. The number of nitrogens with zero attached hydrogens (tertiary/aromatic N) is 1. The Bertz CT molecular complexity index is 538. The van der Waals surface area contributed by atoms with Crippen molar-refractivity contribution in [1.82, 2.24) is 0 Å². The Hall–Kier alpha value is -1.64. The molecule has 0 aliphatic carbocycles. The molecule has 0 amide bonds. The van der Waals surface area contributed by atoms with Crippen LogP contribution >= 0.6 is 0 Å². The highest BCUT2D eigenvalue weighted by molar-refractivity contribution is 6.33. The number of para-hydroxylation sites is 1. The second-order valence-corrected chi connectivity index (χ2v) is 6.39. The van der Waals surface area contributed by atoms with Gasteiger partial charge in [0.05, 0.1) is 0 Å². The van der Waals surface area contributed by atoms with Crippen LogP contribution in [0.5, 0.6) is 0 Å². The molecular weight excluding hydrogens is 816 g/mol. The van der Waals surface area contributed by atoms with Gasteiger partial charge in [-0.15, -0.1) is 0 Å². The first-order valence-corrected chi connectivity index (χ1v) is 12.3. The minimum absolute atomic E-state index is 1.25. The van der Waals surface area contributed by atoms with Gasteiger partial charge in [0, 0.05) is 19.8 Å². The lowest BCUT2D eigenvalue weighted by molar-refractivity contribution is 0.276. The molecule has 0 saturated carbocycles. The van der Waals surface area contributed by atoms with Crippen LogP contribution in [0.25, 0.3) is 0 Å². The third-order valence-corrected chi connectivity index (χ3v) is 1.27. The number of benzene rings is 1. The highest BCUT2D eigenvalue weighted by Crippen LogP contribution is 2.07. The monoisotopic (exact) mass is 865 g/mol. The predicted molar refractivity (Wildman–Crippen MR) is 190 cm³/mol. The molecule has 36 N–H and O–H groups in total. The summed E-state index contributed by atoms with van der Waals surface area (Å²) in [4.78, 5) is 2.08. The summed E-state index contributed by atoms with van der Waals surface area (Å²) in [7, 11) is -21.9. The molecule has 0 bridgehead atoms. The van der Waals surface area contributed by atoms with Crippen molar-refractivity contribution in [3.63, 3.8) is 0 Å². The molecule has 0 atom stereocenters. The van der Waals surface area contributed by atoms with Crippen LogP contribution < -0.4 is 4.90 Å². The Morgan fingerprint density at radius 1 is 0.228 bits per heavy atom. The van der Waals surface area contributed by atoms with Crippen LogP contribution in [0, 0.1) is 0 Å². The van der Waals surface area contributed by atoms with Gasteiger partial charge in [-0.2, -0.15) is 0 Å². The van der Waals surface area contributed by atoms with Crippen molar-refractivity contribution in [2.24, 2.45) is 0 Å². The predicted octanol–water partition coefficient (Wildman–Crippen LogP) is -22.9. The van der Waals surface area contributed by atoms with Crippen molar-refractivity contribution < 1.29 is 181 Å². The summed E-state index contributed by atoms with van der Waals surface area (Å²) < 4.78 is 0. The molecule has 1 aromatic carbocycles. The van der Waals surface area contributed by atoms with E-state index in [1.54, 1.807) is 0 Å². The Morgan fingerprint density at radius 2 is 0.316 bits per heavy atom. The summed E-state index contributed by atoms with van der Waals surface area (Å²) in [5.74, 6) is 0. The van der Waals surface area contributed by atoms with Gasteiger partial charge >= 0.3 is 87.9 Å². The Kier molecular flexibility index (Phi) is 115. The van der Waals surface area contributed by atoms with Crippen molar-refractivity contribution in [1.29, 1.82) is 0 Å². The second-order valence-electron chi connectivity index (χ2n) is 6.39. The molecular formula is C8H47B12NO36. The highest BCUT2D eigenvalue weighted by Gasteiger charge is 1.96. The summed E-state index contributed by atoms with van der Waals surface area (Å²) in [6.07, 6.45) is 0. The largest absolute Gasteiger partial charge is 0.631 e. The fourth-order valence-electron chi connectivity index (χ4n) is 0.726. The van der Waals surface area contributed by atoms with Crippen LogP contribution in [0.4, 0.5) is 5.69 Å². The molecule has 57 heavy (non-hydrogen) atoms. The number of rotatable bonds is 1. The average Bonchev–Trinajstić information content (AvgIpc) is 2.85. The molecule has 0 radical (unpaired) electrons. The quantitative estimate of drug-likeness (QED) is 0.117. The number of anilines is 1. The van der Waals surface area contributed by atoms with Gasteiger partial charge in [-0.3, -0.25) is 0 Å². The topological polar surface area (TPSA) is 732 Å². The minimum Gasteiger partial charge on any atom is -0.402 e. The Balaban J connectivity index is -0.0000000390. The van der Waals surface area contributed by atoms with E-state index in [1.807, 2.05) is 32.3 Å². The first-order chi connectivity index (χ1) is 25.1. The Morgan fingerprint density at radius 3 is 0.368 bits per heavy atom. The van der Waals surface area contributed by atoms with Crippen LogP contribution in [0.2, 0.25) is 0 Å².